The molecular formula is C17H23N3O2S. The number of carbonyl (C=O) groups is 1. The van der Waals surface area contributed by atoms with Crippen LogP contribution in [-0.2, 0) is 11.3 Å². The molecule has 1 N–H and O–H groups in total. The molecule has 0 aliphatic carbocycles. The van der Waals surface area contributed by atoms with Crippen molar-refractivity contribution in [1.82, 2.24) is 14.9 Å². The van der Waals surface area contributed by atoms with E-state index in [0.717, 1.165) is 27.4 Å². The van der Waals surface area contributed by atoms with Crippen LogP contribution in [0, 0.1) is 13.8 Å². The molecular weight excluding hydrogens is 310 g/mol. The number of ether oxygens (including phenoxy) is 1. The predicted octanol–water partition coefficient (Wildman–Crippen LogP) is 3.36. The Balaban J connectivity index is 1.95. The van der Waals surface area contributed by atoms with E-state index in [4.69, 9.17) is 4.74 Å². The fraction of sp³-hybridized carbons (Fsp3) is 0.471. The van der Waals surface area contributed by atoms with E-state index in [1.807, 2.05) is 32.0 Å². The third-order valence-electron chi connectivity index (χ3n) is 3.57. The van der Waals surface area contributed by atoms with E-state index < -0.39 is 6.10 Å². The maximum absolute atomic E-state index is 12.2. The lowest BCUT2D eigenvalue weighted by atomic mass is 10.1. The number of nitrogens with zero attached hydrogens (tertiary/aromatic N) is 2. The van der Waals surface area contributed by atoms with E-state index in [9.17, 15) is 4.79 Å². The van der Waals surface area contributed by atoms with Gasteiger partial charge < -0.3 is 10.1 Å². The second-order valence-electron chi connectivity index (χ2n) is 5.98. The SMILES string of the molecule is Cc1ccc(C)c(OC(C)C(=O)NCc2snnc2C(C)C)c1. The zero-order valence-corrected chi connectivity index (χ0v) is 15.0. The molecule has 1 aromatic heterocycles. The maximum Gasteiger partial charge on any atom is 0.261 e. The van der Waals surface area contributed by atoms with Crippen molar-refractivity contribution in [1.29, 1.82) is 0 Å². The summed E-state index contributed by atoms with van der Waals surface area (Å²) in [6.45, 7) is 10.3. The highest BCUT2D eigenvalue weighted by atomic mass is 32.1. The standard InChI is InChI=1S/C17H23N3O2S/c1-10(2)16-15(23-20-19-16)9-18-17(21)13(5)22-14-8-11(3)6-7-12(14)4/h6-8,10,13H,9H2,1-5H3,(H,18,21). The molecule has 1 atom stereocenters. The summed E-state index contributed by atoms with van der Waals surface area (Å²) in [6, 6.07) is 5.97. The minimum Gasteiger partial charge on any atom is -0.481 e. The van der Waals surface area contributed by atoms with Gasteiger partial charge in [0.15, 0.2) is 6.10 Å². The van der Waals surface area contributed by atoms with Gasteiger partial charge in [-0.05, 0) is 55.4 Å². The Hall–Kier alpha value is -1.95. The number of aromatic nitrogens is 2. The first-order valence-corrected chi connectivity index (χ1v) is 8.48. The van der Waals surface area contributed by atoms with Crippen LogP contribution in [0.4, 0.5) is 0 Å². The molecule has 0 saturated carbocycles. The van der Waals surface area contributed by atoms with Crippen molar-refractivity contribution in [2.75, 3.05) is 0 Å². The molecule has 124 valence electrons. The first-order valence-electron chi connectivity index (χ1n) is 7.71. The molecule has 0 bridgehead atoms. The largest absolute Gasteiger partial charge is 0.481 e. The molecule has 1 unspecified atom stereocenters. The van der Waals surface area contributed by atoms with E-state index in [1.54, 1.807) is 6.92 Å². The maximum atomic E-state index is 12.2. The summed E-state index contributed by atoms with van der Waals surface area (Å²) < 4.78 is 9.76. The second kappa shape index (κ2) is 7.55. The number of aryl methyl sites for hydroxylation is 2. The van der Waals surface area contributed by atoms with Crippen LogP contribution in [0.15, 0.2) is 18.2 Å². The molecule has 0 radical (unpaired) electrons. The van der Waals surface area contributed by atoms with Gasteiger partial charge in [0.2, 0.25) is 0 Å². The Morgan fingerprint density at radius 2 is 2.04 bits per heavy atom. The summed E-state index contributed by atoms with van der Waals surface area (Å²) in [5.74, 6) is 0.897. The molecule has 0 saturated heterocycles. The van der Waals surface area contributed by atoms with E-state index in [2.05, 4.69) is 28.8 Å². The number of amides is 1. The molecule has 1 heterocycles. The van der Waals surface area contributed by atoms with Gasteiger partial charge in [-0.3, -0.25) is 4.79 Å². The quantitative estimate of drug-likeness (QED) is 0.880. The number of benzene rings is 1. The Morgan fingerprint density at radius 1 is 1.30 bits per heavy atom. The Labute approximate surface area is 141 Å². The van der Waals surface area contributed by atoms with Crippen molar-refractivity contribution in [3.63, 3.8) is 0 Å². The van der Waals surface area contributed by atoms with Gasteiger partial charge in [0.05, 0.1) is 17.1 Å². The van der Waals surface area contributed by atoms with Crippen LogP contribution in [0.5, 0.6) is 5.75 Å². The zero-order valence-electron chi connectivity index (χ0n) is 14.2. The topological polar surface area (TPSA) is 64.1 Å². The van der Waals surface area contributed by atoms with E-state index >= 15 is 0 Å². The smallest absolute Gasteiger partial charge is 0.261 e. The number of nitrogens with one attached hydrogen (secondary N) is 1. The average Bonchev–Trinajstić information content (AvgIpc) is 2.97. The van der Waals surface area contributed by atoms with Crippen LogP contribution in [0.1, 0.15) is 48.4 Å². The highest BCUT2D eigenvalue weighted by Gasteiger charge is 2.18. The molecule has 2 aromatic rings. The van der Waals surface area contributed by atoms with Gasteiger partial charge in [0, 0.05) is 0 Å². The van der Waals surface area contributed by atoms with Gasteiger partial charge >= 0.3 is 0 Å². The predicted molar refractivity (Wildman–Crippen MR) is 91.9 cm³/mol. The van der Waals surface area contributed by atoms with Crippen LogP contribution < -0.4 is 10.1 Å². The highest BCUT2D eigenvalue weighted by molar-refractivity contribution is 7.05. The van der Waals surface area contributed by atoms with Crippen LogP contribution >= 0.6 is 11.5 Å². The first-order chi connectivity index (χ1) is 10.9. The van der Waals surface area contributed by atoms with Gasteiger partial charge in [-0.15, -0.1) is 5.10 Å². The van der Waals surface area contributed by atoms with Crippen molar-refractivity contribution in [2.24, 2.45) is 0 Å². The Morgan fingerprint density at radius 3 is 2.74 bits per heavy atom. The van der Waals surface area contributed by atoms with E-state index in [0.29, 0.717) is 12.5 Å². The molecule has 1 aromatic carbocycles. The van der Waals surface area contributed by atoms with Gasteiger partial charge in [0.25, 0.3) is 5.91 Å². The average molecular weight is 333 g/mol. The molecule has 1 amide bonds. The normalized spacial score (nSPS) is 12.3. The number of carbonyl (C=O) groups excluding carboxylic acids is 1. The lowest BCUT2D eigenvalue weighted by molar-refractivity contribution is -0.127. The van der Waals surface area contributed by atoms with Crippen molar-refractivity contribution < 1.29 is 9.53 Å². The fourth-order valence-corrected chi connectivity index (χ4v) is 2.90. The Kier molecular flexibility index (Phi) is 5.71. The molecule has 0 fully saturated rings. The van der Waals surface area contributed by atoms with Crippen molar-refractivity contribution in [2.45, 2.75) is 53.2 Å². The summed E-state index contributed by atoms with van der Waals surface area (Å²) >= 11 is 1.32. The van der Waals surface area contributed by atoms with Gasteiger partial charge in [0.1, 0.15) is 5.75 Å². The highest BCUT2D eigenvalue weighted by Crippen LogP contribution is 2.21. The second-order valence-corrected chi connectivity index (χ2v) is 6.82. The third kappa shape index (κ3) is 4.51. The van der Waals surface area contributed by atoms with Crippen LogP contribution in [0.25, 0.3) is 0 Å². The van der Waals surface area contributed by atoms with Crippen molar-refractivity contribution >= 4 is 17.4 Å². The van der Waals surface area contributed by atoms with Gasteiger partial charge in [-0.1, -0.05) is 30.5 Å². The number of hydrogen-bond acceptors (Lipinski definition) is 5. The minimum atomic E-state index is -0.557. The van der Waals surface area contributed by atoms with Gasteiger partial charge in [-0.2, -0.15) is 0 Å². The van der Waals surface area contributed by atoms with Crippen LogP contribution in [-0.4, -0.2) is 21.6 Å². The summed E-state index contributed by atoms with van der Waals surface area (Å²) in [6.07, 6.45) is -0.557. The molecule has 0 spiro atoms. The lowest BCUT2D eigenvalue weighted by Gasteiger charge is -2.16. The third-order valence-corrected chi connectivity index (χ3v) is 4.31. The molecule has 2 rings (SSSR count). The fourth-order valence-electron chi connectivity index (χ4n) is 2.17. The number of hydrogen-bond donors (Lipinski definition) is 1. The zero-order chi connectivity index (χ0) is 17.0. The summed E-state index contributed by atoms with van der Waals surface area (Å²) in [5.41, 5.74) is 3.07. The van der Waals surface area contributed by atoms with E-state index in [1.165, 1.54) is 11.5 Å². The minimum absolute atomic E-state index is 0.144. The summed E-state index contributed by atoms with van der Waals surface area (Å²) in [7, 11) is 0. The molecule has 23 heavy (non-hydrogen) atoms. The van der Waals surface area contributed by atoms with Gasteiger partial charge in [-0.25, -0.2) is 0 Å². The molecule has 6 heteroatoms. The van der Waals surface area contributed by atoms with Crippen LogP contribution in [0.3, 0.4) is 0 Å². The van der Waals surface area contributed by atoms with E-state index in [-0.39, 0.29) is 5.91 Å². The lowest BCUT2D eigenvalue weighted by Crippen LogP contribution is -2.36. The summed E-state index contributed by atoms with van der Waals surface area (Å²) in [4.78, 5) is 13.2. The van der Waals surface area contributed by atoms with Crippen molar-refractivity contribution in [3.8, 4) is 5.75 Å². The Bertz CT molecular complexity index is 682. The van der Waals surface area contributed by atoms with Crippen molar-refractivity contribution in [3.05, 3.63) is 39.9 Å². The number of rotatable bonds is 6. The molecule has 0 aliphatic heterocycles. The van der Waals surface area contributed by atoms with Crippen LogP contribution in [0.2, 0.25) is 0 Å². The molecule has 0 aliphatic rings. The first kappa shape index (κ1) is 17.4. The monoisotopic (exact) mass is 333 g/mol. The summed E-state index contributed by atoms with van der Waals surface area (Å²) in [5, 5.41) is 7.01. The molecule has 5 nitrogen and oxygen atoms in total.